The summed E-state index contributed by atoms with van der Waals surface area (Å²) in [4.78, 5) is 6.75. The Balaban J connectivity index is 0.00000341. The van der Waals surface area contributed by atoms with Gasteiger partial charge in [-0.1, -0.05) is 17.7 Å². The molecule has 2 aliphatic heterocycles. The van der Waals surface area contributed by atoms with Crippen molar-refractivity contribution in [2.24, 2.45) is 10.9 Å². The van der Waals surface area contributed by atoms with Crippen LogP contribution in [0.2, 0.25) is 0 Å². The third-order valence-corrected chi connectivity index (χ3v) is 5.60. The Labute approximate surface area is 199 Å². The zero-order valence-electron chi connectivity index (χ0n) is 18.1. The van der Waals surface area contributed by atoms with Crippen LogP contribution in [0.15, 0.2) is 23.2 Å². The first-order chi connectivity index (χ1) is 14.6. The van der Waals surface area contributed by atoms with E-state index in [0.717, 1.165) is 58.0 Å². The standard InChI is InChI=1S/C21H32F2N4O3.HI/c1-15-3-4-19(30-20(22)23)17(11-15)12-25-21(24-2)26-13-18(16-5-8-29-14-16)27-6-9-28-10-7-27;/h3-4,11,16,18,20H,5-10,12-14H2,1-2H3,(H2,24,25,26);1H. The minimum Gasteiger partial charge on any atom is -0.434 e. The fraction of sp³-hybridized carbons (Fsp3) is 0.667. The first-order valence-electron chi connectivity index (χ1n) is 10.4. The van der Waals surface area contributed by atoms with Crippen molar-refractivity contribution in [3.63, 3.8) is 0 Å². The lowest BCUT2D eigenvalue weighted by Crippen LogP contribution is -2.53. The summed E-state index contributed by atoms with van der Waals surface area (Å²) in [5.74, 6) is 1.26. The van der Waals surface area contributed by atoms with Gasteiger partial charge in [0.15, 0.2) is 5.96 Å². The Kier molecular flexibility index (Phi) is 11.2. The molecule has 1 aromatic carbocycles. The molecule has 0 aromatic heterocycles. The van der Waals surface area contributed by atoms with Crippen molar-refractivity contribution >= 4 is 29.9 Å². The maximum absolute atomic E-state index is 12.7. The molecule has 10 heteroatoms. The van der Waals surface area contributed by atoms with Crippen molar-refractivity contribution in [3.8, 4) is 5.75 Å². The average Bonchev–Trinajstić information content (AvgIpc) is 3.27. The highest BCUT2D eigenvalue weighted by Gasteiger charge is 2.31. The number of morpholine rings is 1. The first kappa shape index (κ1) is 26.0. The number of nitrogens with zero attached hydrogens (tertiary/aromatic N) is 2. The molecule has 0 bridgehead atoms. The molecule has 7 nitrogen and oxygen atoms in total. The van der Waals surface area contributed by atoms with Crippen molar-refractivity contribution in [2.75, 3.05) is 53.1 Å². The van der Waals surface area contributed by atoms with Gasteiger partial charge in [0.25, 0.3) is 0 Å². The lowest BCUT2D eigenvalue weighted by atomic mass is 9.97. The van der Waals surface area contributed by atoms with Gasteiger partial charge >= 0.3 is 6.61 Å². The predicted molar refractivity (Wildman–Crippen MR) is 127 cm³/mol. The number of guanidine groups is 1. The van der Waals surface area contributed by atoms with Crippen LogP contribution >= 0.6 is 24.0 Å². The number of hydrogen-bond acceptors (Lipinski definition) is 5. The summed E-state index contributed by atoms with van der Waals surface area (Å²) in [6.45, 7) is 5.01. The summed E-state index contributed by atoms with van der Waals surface area (Å²) < 4.78 is 41.2. The summed E-state index contributed by atoms with van der Waals surface area (Å²) in [6, 6.07) is 5.49. The van der Waals surface area contributed by atoms with E-state index in [1.807, 2.05) is 13.0 Å². The summed E-state index contributed by atoms with van der Waals surface area (Å²) in [6.07, 6.45) is 1.05. The van der Waals surface area contributed by atoms with Gasteiger partial charge in [-0.25, -0.2) is 0 Å². The van der Waals surface area contributed by atoms with Crippen LogP contribution in [0.5, 0.6) is 5.75 Å². The van der Waals surface area contributed by atoms with Crippen molar-refractivity contribution in [1.29, 1.82) is 0 Å². The highest BCUT2D eigenvalue weighted by Crippen LogP contribution is 2.23. The third-order valence-electron chi connectivity index (χ3n) is 5.60. The average molecular weight is 554 g/mol. The summed E-state index contributed by atoms with van der Waals surface area (Å²) in [5, 5.41) is 6.62. The Hall–Kier alpha value is -1.24. The molecule has 1 aromatic rings. The Morgan fingerprint density at radius 3 is 2.65 bits per heavy atom. The van der Waals surface area contributed by atoms with E-state index in [9.17, 15) is 8.78 Å². The summed E-state index contributed by atoms with van der Waals surface area (Å²) in [7, 11) is 1.70. The Morgan fingerprint density at radius 1 is 1.23 bits per heavy atom. The summed E-state index contributed by atoms with van der Waals surface area (Å²) >= 11 is 0. The maximum Gasteiger partial charge on any atom is 0.387 e. The van der Waals surface area contributed by atoms with Crippen LogP contribution in [0.1, 0.15) is 17.5 Å². The predicted octanol–water partition coefficient (Wildman–Crippen LogP) is 2.62. The van der Waals surface area contributed by atoms with Gasteiger partial charge in [0, 0.05) is 57.4 Å². The monoisotopic (exact) mass is 554 g/mol. The Morgan fingerprint density at radius 2 is 2.00 bits per heavy atom. The minimum atomic E-state index is -2.85. The van der Waals surface area contributed by atoms with E-state index in [1.54, 1.807) is 19.2 Å². The van der Waals surface area contributed by atoms with E-state index in [1.165, 1.54) is 0 Å². The number of aliphatic imine (C=N–C) groups is 1. The van der Waals surface area contributed by atoms with Crippen LogP contribution in [0.25, 0.3) is 0 Å². The molecule has 2 aliphatic rings. The molecular weight excluding hydrogens is 521 g/mol. The van der Waals surface area contributed by atoms with Crippen LogP contribution in [0.3, 0.4) is 0 Å². The van der Waals surface area contributed by atoms with Crippen LogP contribution in [-0.4, -0.2) is 76.6 Å². The van der Waals surface area contributed by atoms with Gasteiger partial charge in [0.05, 0.1) is 19.8 Å². The molecule has 0 aliphatic carbocycles. The topological polar surface area (TPSA) is 67.4 Å². The van der Waals surface area contributed by atoms with Gasteiger partial charge in [-0.3, -0.25) is 9.89 Å². The molecule has 2 fully saturated rings. The zero-order valence-corrected chi connectivity index (χ0v) is 20.4. The van der Waals surface area contributed by atoms with Gasteiger partial charge in [-0.05, 0) is 19.4 Å². The highest BCUT2D eigenvalue weighted by molar-refractivity contribution is 14.0. The Bertz CT molecular complexity index is 699. The lowest BCUT2D eigenvalue weighted by molar-refractivity contribution is -0.0504. The number of ether oxygens (including phenoxy) is 3. The van der Waals surface area contributed by atoms with Crippen LogP contribution in [-0.2, 0) is 16.0 Å². The second-order valence-electron chi connectivity index (χ2n) is 7.64. The van der Waals surface area contributed by atoms with Gasteiger partial charge < -0.3 is 24.8 Å². The number of rotatable bonds is 8. The fourth-order valence-corrected chi connectivity index (χ4v) is 4.02. The van der Waals surface area contributed by atoms with Crippen molar-refractivity contribution in [3.05, 3.63) is 29.3 Å². The van der Waals surface area contributed by atoms with Gasteiger partial charge in [-0.15, -0.1) is 24.0 Å². The van der Waals surface area contributed by atoms with Crippen molar-refractivity contribution in [2.45, 2.75) is 32.5 Å². The SMILES string of the molecule is CN=C(NCc1cc(C)ccc1OC(F)F)NCC(C1CCOC1)N1CCOCC1.I. The van der Waals surface area contributed by atoms with E-state index in [0.29, 0.717) is 30.0 Å². The number of nitrogens with one attached hydrogen (secondary N) is 2. The van der Waals surface area contributed by atoms with Crippen LogP contribution in [0, 0.1) is 12.8 Å². The maximum atomic E-state index is 12.7. The van der Waals surface area contributed by atoms with E-state index < -0.39 is 6.61 Å². The fourth-order valence-electron chi connectivity index (χ4n) is 4.02. The molecule has 0 radical (unpaired) electrons. The highest BCUT2D eigenvalue weighted by atomic mass is 127. The molecule has 3 rings (SSSR count). The molecule has 0 spiro atoms. The van der Waals surface area contributed by atoms with E-state index in [-0.39, 0.29) is 29.7 Å². The van der Waals surface area contributed by atoms with Crippen molar-refractivity contribution in [1.82, 2.24) is 15.5 Å². The molecule has 2 heterocycles. The largest absolute Gasteiger partial charge is 0.434 e. The second-order valence-corrected chi connectivity index (χ2v) is 7.64. The molecule has 2 atom stereocenters. The molecule has 2 saturated heterocycles. The van der Waals surface area contributed by atoms with E-state index >= 15 is 0 Å². The van der Waals surface area contributed by atoms with Crippen LogP contribution < -0.4 is 15.4 Å². The normalized spacial score (nSPS) is 20.9. The molecule has 0 saturated carbocycles. The van der Waals surface area contributed by atoms with E-state index in [4.69, 9.17) is 9.47 Å². The summed E-state index contributed by atoms with van der Waals surface area (Å²) in [5.41, 5.74) is 1.64. The number of halogens is 3. The molecule has 31 heavy (non-hydrogen) atoms. The lowest BCUT2D eigenvalue weighted by Gasteiger charge is -2.37. The van der Waals surface area contributed by atoms with Gasteiger partial charge in [-0.2, -0.15) is 8.78 Å². The molecule has 2 unspecified atom stereocenters. The number of benzene rings is 1. The molecular formula is C21H33F2IN4O3. The zero-order chi connectivity index (χ0) is 21.3. The van der Waals surface area contributed by atoms with Crippen molar-refractivity contribution < 1.29 is 23.0 Å². The second kappa shape index (κ2) is 13.3. The van der Waals surface area contributed by atoms with Gasteiger partial charge in [0.1, 0.15) is 5.75 Å². The molecule has 2 N–H and O–H groups in total. The first-order valence-corrected chi connectivity index (χ1v) is 10.4. The van der Waals surface area contributed by atoms with Gasteiger partial charge in [0.2, 0.25) is 0 Å². The minimum absolute atomic E-state index is 0. The number of aryl methyl sites for hydroxylation is 1. The number of hydrogen-bond donors (Lipinski definition) is 2. The number of alkyl halides is 2. The quantitative estimate of drug-likeness (QED) is 0.293. The third kappa shape index (κ3) is 7.99. The van der Waals surface area contributed by atoms with E-state index in [2.05, 4.69) is 25.3 Å². The molecule has 0 amide bonds. The smallest absolute Gasteiger partial charge is 0.387 e. The molecule has 176 valence electrons. The van der Waals surface area contributed by atoms with Crippen LogP contribution in [0.4, 0.5) is 8.78 Å².